The number of hydrogen-bond acceptors (Lipinski definition) is 5. The zero-order valence-electron chi connectivity index (χ0n) is 8.89. The van der Waals surface area contributed by atoms with Crippen molar-refractivity contribution in [3.63, 3.8) is 0 Å². The Morgan fingerprint density at radius 3 is 2.61 bits per heavy atom. The van der Waals surface area contributed by atoms with E-state index >= 15 is 0 Å². The Kier molecular flexibility index (Phi) is 4.26. The van der Waals surface area contributed by atoms with E-state index in [0.29, 0.717) is 0 Å². The summed E-state index contributed by atoms with van der Waals surface area (Å²) in [5, 5.41) is 10.4. The molecule has 6 N–H and O–H groups in total. The fourth-order valence-corrected chi connectivity index (χ4v) is 0.846. The lowest BCUT2D eigenvalue weighted by atomic mass is 10.4. The number of urea groups is 2. The van der Waals surface area contributed by atoms with Crippen LogP contribution in [0.5, 0.6) is 0 Å². The molecular weight excluding hydrogens is 244 g/mol. The second kappa shape index (κ2) is 5.89. The first kappa shape index (κ1) is 13.0. The van der Waals surface area contributed by atoms with Crippen molar-refractivity contribution in [1.82, 2.24) is 21.5 Å². The van der Waals surface area contributed by atoms with E-state index in [-0.39, 0.29) is 5.76 Å². The van der Waals surface area contributed by atoms with Crippen molar-refractivity contribution < 1.29 is 18.8 Å². The lowest BCUT2D eigenvalue weighted by molar-refractivity contribution is 0.0935. The third-order valence-corrected chi connectivity index (χ3v) is 1.47. The number of guanidine groups is 1. The van der Waals surface area contributed by atoms with Crippen LogP contribution in [0.25, 0.3) is 0 Å². The number of hydrogen-bond donors (Lipinski definition) is 5. The lowest BCUT2D eigenvalue weighted by Crippen LogP contribution is -2.49. The van der Waals surface area contributed by atoms with Crippen molar-refractivity contribution in [2.75, 3.05) is 0 Å². The van der Waals surface area contributed by atoms with E-state index in [1.165, 1.54) is 18.4 Å². The van der Waals surface area contributed by atoms with Gasteiger partial charge in [-0.3, -0.25) is 20.8 Å². The van der Waals surface area contributed by atoms with E-state index in [4.69, 9.17) is 15.6 Å². The molecule has 0 saturated carbocycles. The van der Waals surface area contributed by atoms with E-state index in [2.05, 4.69) is 5.43 Å². The molecule has 1 aromatic rings. The molecule has 0 bridgehead atoms. The van der Waals surface area contributed by atoms with Crippen LogP contribution in [-0.4, -0.2) is 23.9 Å². The molecule has 1 rings (SSSR count). The van der Waals surface area contributed by atoms with Gasteiger partial charge in [0.15, 0.2) is 11.7 Å². The molecule has 18 heavy (non-hydrogen) atoms. The number of furan rings is 1. The molecule has 0 spiro atoms. The van der Waals surface area contributed by atoms with Crippen LogP contribution in [-0.2, 0) is 0 Å². The first-order valence-electron chi connectivity index (χ1n) is 4.49. The van der Waals surface area contributed by atoms with E-state index in [1.807, 2.05) is 10.6 Å². The molecule has 0 atom stereocenters. The van der Waals surface area contributed by atoms with Gasteiger partial charge in [-0.2, -0.15) is 0 Å². The lowest BCUT2D eigenvalue weighted by Gasteiger charge is -2.04. The maximum atomic E-state index is 11.3. The van der Waals surface area contributed by atoms with Crippen LogP contribution in [0.15, 0.2) is 22.8 Å². The van der Waals surface area contributed by atoms with Gasteiger partial charge >= 0.3 is 12.1 Å². The summed E-state index contributed by atoms with van der Waals surface area (Å²) in [6.07, 6.45) is 1.26. The Bertz CT molecular complexity index is 468. The highest BCUT2D eigenvalue weighted by atomic mass is 16.3. The van der Waals surface area contributed by atoms with Crippen molar-refractivity contribution in [2.24, 2.45) is 5.73 Å². The van der Waals surface area contributed by atoms with Crippen molar-refractivity contribution in [3.05, 3.63) is 24.2 Å². The molecule has 0 unspecified atom stereocenters. The molecular formula is C8H9N6O4. The Morgan fingerprint density at radius 2 is 2.06 bits per heavy atom. The minimum Gasteiger partial charge on any atom is -0.459 e. The summed E-state index contributed by atoms with van der Waals surface area (Å²) in [7, 11) is 0. The fourth-order valence-electron chi connectivity index (χ4n) is 0.846. The number of carbonyl (C=O) groups excluding carboxylic acids is 3. The molecule has 0 aliphatic heterocycles. The van der Waals surface area contributed by atoms with Crippen molar-refractivity contribution in [3.8, 4) is 0 Å². The summed E-state index contributed by atoms with van der Waals surface area (Å²) in [5.41, 5.74) is 9.57. The van der Waals surface area contributed by atoms with E-state index < -0.39 is 23.9 Å². The summed E-state index contributed by atoms with van der Waals surface area (Å²) < 4.78 is 4.72. The Hall–Kier alpha value is -3.04. The molecule has 1 aromatic heterocycles. The molecule has 0 saturated heterocycles. The minimum atomic E-state index is -1.10. The maximum Gasteiger partial charge on any atom is 0.364 e. The normalized spacial score (nSPS) is 9.11. The van der Waals surface area contributed by atoms with Gasteiger partial charge in [0, 0.05) is 0 Å². The summed E-state index contributed by atoms with van der Waals surface area (Å²) >= 11 is 0. The van der Waals surface area contributed by atoms with Crippen molar-refractivity contribution in [2.45, 2.75) is 0 Å². The van der Waals surface area contributed by atoms with Crippen LogP contribution in [0, 0.1) is 5.41 Å². The Labute approximate surface area is 100 Å². The molecule has 10 heteroatoms. The highest BCUT2D eigenvalue weighted by Crippen LogP contribution is 1.98. The molecule has 1 heterocycles. The standard InChI is InChI=1S/C8H9N6O4/c9-6(10)12-8(17)14-13-7(16)11-5(15)4-2-1-3-18-4/h1-3H,(H,11,15,16)(H5,9,10,12,14,17). The molecule has 0 aliphatic carbocycles. The first-order chi connectivity index (χ1) is 8.49. The first-order valence-corrected chi connectivity index (χ1v) is 4.49. The molecule has 1 radical (unpaired) electrons. The predicted molar refractivity (Wildman–Crippen MR) is 57.3 cm³/mol. The fraction of sp³-hybridized carbons (Fsp3) is 0. The van der Waals surface area contributed by atoms with Crippen LogP contribution >= 0.6 is 0 Å². The molecule has 10 nitrogen and oxygen atoms in total. The average molecular weight is 253 g/mol. The zero-order valence-corrected chi connectivity index (χ0v) is 8.89. The number of amides is 5. The van der Waals surface area contributed by atoms with E-state index in [1.54, 1.807) is 5.43 Å². The van der Waals surface area contributed by atoms with Crippen LogP contribution in [0.3, 0.4) is 0 Å². The maximum absolute atomic E-state index is 11.3. The minimum absolute atomic E-state index is 0.0771. The Morgan fingerprint density at radius 1 is 1.33 bits per heavy atom. The van der Waals surface area contributed by atoms with Crippen molar-refractivity contribution >= 4 is 23.9 Å². The highest BCUT2D eigenvalue weighted by molar-refractivity contribution is 6.03. The van der Waals surface area contributed by atoms with Gasteiger partial charge in [0.2, 0.25) is 0 Å². The highest BCUT2D eigenvalue weighted by Gasteiger charge is 2.14. The second-order valence-electron chi connectivity index (χ2n) is 2.83. The third-order valence-electron chi connectivity index (χ3n) is 1.47. The van der Waals surface area contributed by atoms with Gasteiger partial charge in [0.05, 0.1) is 6.26 Å². The summed E-state index contributed by atoms with van der Waals surface area (Å²) in [6, 6.07) is 0.728. The topological polar surface area (TPSA) is 164 Å². The van der Waals surface area contributed by atoms with Crippen LogP contribution in [0.1, 0.15) is 10.6 Å². The number of nitrogens with one attached hydrogen (secondary N) is 4. The molecule has 0 fully saturated rings. The van der Waals surface area contributed by atoms with Gasteiger partial charge in [-0.15, -0.1) is 5.43 Å². The van der Waals surface area contributed by atoms with Gasteiger partial charge in [0.25, 0.3) is 5.91 Å². The predicted octanol–water partition coefficient (Wildman–Crippen LogP) is -1.16. The average Bonchev–Trinajstić information content (AvgIpc) is 2.78. The smallest absolute Gasteiger partial charge is 0.364 e. The molecule has 0 aromatic carbocycles. The monoisotopic (exact) mass is 253 g/mol. The molecule has 95 valence electrons. The summed E-state index contributed by atoms with van der Waals surface area (Å²) in [4.78, 5) is 33.2. The Balaban J connectivity index is 2.32. The van der Waals surface area contributed by atoms with Crippen LogP contribution in [0.4, 0.5) is 9.59 Å². The van der Waals surface area contributed by atoms with Crippen LogP contribution < -0.4 is 27.2 Å². The van der Waals surface area contributed by atoms with Gasteiger partial charge < -0.3 is 10.2 Å². The summed E-state index contributed by atoms with van der Waals surface area (Å²) in [5.74, 6) is -1.50. The van der Waals surface area contributed by atoms with Gasteiger partial charge in [0.1, 0.15) is 0 Å². The molecule has 5 amide bonds. The summed E-state index contributed by atoms with van der Waals surface area (Å²) in [6.45, 7) is 0. The van der Waals surface area contributed by atoms with Crippen LogP contribution in [0.2, 0.25) is 0 Å². The quantitative estimate of drug-likeness (QED) is 0.241. The van der Waals surface area contributed by atoms with E-state index in [0.717, 1.165) is 0 Å². The number of nitrogens with zero attached hydrogens (tertiary/aromatic N) is 1. The van der Waals surface area contributed by atoms with Crippen molar-refractivity contribution in [1.29, 1.82) is 5.41 Å². The van der Waals surface area contributed by atoms with Gasteiger partial charge in [-0.05, 0) is 12.1 Å². The number of rotatable bonds is 1. The number of imide groups is 1. The number of nitrogens with two attached hydrogens (primary N) is 1. The SMILES string of the molecule is N=C(N)NC(=O)N[N]C(=O)NC(=O)c1ccco1. The third kappa shape index (κ3) is 4.22. The van der Waals surface area contributed by atoms with E-state index in [9.17, 15) is 14.4 Å². The largest absolute Gasteiger partial charge is 0.459 e. The van der Waals surface area contributed by atoms with Gasteiger partial charge in [-0.1, -0.05) is 0 Å². The number of carbonyl (C=O) groups is 3. The molecule has 0 aliphatic rings. The second-order valence-corrected chi connectivity index (χ2v) is 2.83. The zero-order chi connectivity index (χ0) is 13.5. The van der Waals surface area contributed by atoms with Gasteiger partial charge in [-0.25, -0.2) is 15.0 Å².